The first-order chi connectivity index (χ1) is 17.4. The third kappa shape index (κ3) is 4.09. The van der Waals surface area contributed by atoms with Crippen molar-refractivity contribution in [2.45, 2.75) is 25.8 Å². The average Bonchev–Trinajstić information content (AvgIpc) is 3.51. The molecule has 1 fully saturated rings. The Labute approximate surface area is 206 Å². The number of ether oxygens (including phenoxy) is 1. The molecule has 0 radical (unpaired) electrons. The van der Waals surface area contributed by atoms with E-state index in [-0.39, 0.29) is 35.3 Å². The van der Waals surface area contributed by atoms with E-state index < -0.39 is 11.2 Å². The van der Waals surface area contributed by atoms with Crippen LogP contribution in [0.15, 0.2) is 53.8 Å². The van der Waals surface area contributed by atoms with E-state index in [4.69, 9.17) is 4.74 Å². The molecule has 1 aromatic carbocycles. The lowest BCUT2D eigenvalue weighted by Gasteiger charge is -2.28. The van der Waals surface area contributed by atoms with E-state index in [0.29, 0.717) is 29.0 Å². The molecule has 36 heavy (non-hydrogen) atoms. The Morgan fingerprint density at radius 1 is 1.33 bits per heavy atom. The molecule has 0 N–H and O–H groups in total. The van der Waals surface area contributed by atoms with Crippen LogP contribution in [0.5, 0.6) is 5.88 Å². The number of hydrogen-bond donors (Lipinski definition) is 0. The standard InChI is InChI=1S/C26H23FN6O3/c1-16(34)21-14-33(19-12-30-31(2)13-19)24-10-23(17(11-28)9-20(24)25(21)35)32-8-4-5-18(32)15-36-26-22(27)6-3-7-29-26/h3,6-7,9-10,12-14,18H,4-5,8,15H2,1-2H3/t18-/m1/s1. The number of Topliss-reactive ketones (excluding diaryl/α,β-unsaturated/α-hetero) is 1. The SMILES string of the molecule is CC(=O)c1cn(-c2cnn(C)c2)c2cc(N3CCC[C@@H]3COc3ncccc3F)c(C#N)cc2c1=O. The van der Waals surface area contributed by atoms with Crippen LogP contribution in [-0.4, -0.2) is 44.3 Å². The molecule has 1 saturated heterocycles. The van der Waals surface area contributed by atoms with Crippen LogP contribution in [0.25, 0.3) is 16.6 Å². The van der Waals surface area contributed by atoms with Gasteiger partial charge in [-0.2, -0.15) is 10.4 Å². The van der Waals surface area contributed by atoms with E-state index >= 15 is 0 Å². The molecule has 4 heterocycles. The number of rotatable bonds is 6. The van der Waals surface area contributed by atoms with Crippen LogP contribution < -0.4 is 15.1 Å². The van der Waals surface area contributed by atoms with Crippen LogP contribution in [0.2, 0.25) is 0 Å². The summed E-state index contributed by atoms with van der Waals surface area (Å²) in [4.78, 5) is 31.4. The number of halogens is 1. The number of carbonyl (C=O) groups excluding carboxylic acids is 1. The van der Waals surface area contributed by atoms with Gasteiger partial charge < -0.3 is 14.2 Å². The molecule has 0 aliphatic carbocycles. The van der Waals surface area contributed by atoms with Gasteiger partial charge in [-0.3, -0.25) is 14.3 Å². The number of benzene rings is 1. The second-order valence-electron chi connectivity index (χ2n) is 8.76. The van der Waals surface area contributed by atoms with E-state index in [1.807, 2.05) is 0 Å². The summed E-state index contributed by atoms with van der Waals surface area (Å²) in [6, 6.07) is 8.21. The molecule has 0 saturated carbocycles. The molecule has 9 nitrogen and oxygen atoms in total. The number of hydrogen-bond acceptors (Lipinski definition) is 7. The molecule has 0 bridgehead atoms. The van der Waals surface area contributed by atoms with E-state index in [1.54, 1.807) is 40.8 Å². The second-order valence-corrected chi connectivity index (χ2v) is 8.76. The summed E-state index contributed by atoms with van der Waals surface area (Å²) in [5.41, 5.74) is 1.79. The van der Waals surface area contributed by atoms with Gasteiger partial charge >= 0.3 is 0 Å². The lowest BCUT2D eigenvalue weighted by atomic mass is 10.0. The Kier molecular flexibility index (Phi) is 5.98. The van der Waals surface area contributed by atoms with Crippen LogP contribution in [-0.2, 0) is 7.05 Å². The zero-order chi connectivity index (χ0) is 25.4. The smallest absolute Gasteiger partial charge is 0.250 e. The Balaban J connectivity index is 1.62. The molecule has 1 aliphatic rings. The molecular weight excluding hydrogens is 463 g/mol. The van der Waals surface area contributed by atoms with Crippen molar-refractivity contribution in [3.8, 4) is 17.6 Å². The van der Waals surface area contributed by atoms with Gasteiger partial charge in [0, 0.05) is 37.6 Å². The third-order valence-corrected chi connectivity index (χ3v) is 6.41. The number of nitriles is 1. The summed E-state index contributed by atoms with van der Waals surface area (Å²) in [6.45, 7) is 2.20. The quantitative estimate of drug-likeness (QED) is 0.385. The molecule has 5 rings (SSSR count). The number of aromatic nitrogens is 4. The van der Waals surface area contributed by atoms with Crippen LogP contribution >= 0.6 is 0 Å². The van der Waals surface area contributed by atoms with Crippen LogP contribution in [0.3, 0.4) is 0 Å². The number of fused-ring (bicyclic) bond motifs is 1. The van der Waals surface area contributed by atoms with Gasteiger partial charge in [-0.15, -0.1) is 0 Å². The normalized spacial score (nSPS) is 15.3. The van der Waals surface area contributed by atoms with Crippen LogP contribution in [0.1, 0.15) is 35.7 Å². The van der Waals surface area contributed by atoms with E-state index in [0.717, 1.165) is 12.8 Å². The van der Waals surface area contributed by atoms with Crippen molar-refractivity contribution in [3.05, 3.63) is 76.2 Å². The van der Waals surface area contributed by atoms with Crippen molar-refractivity contribution in [1.82, 2.24) is 19.3 Å². The summed E-state index contributed by atoms with van der Waals surface area (Å²) in [5, 5.41) is 14.5. The number of carbonyl (C=O) groups is 1. The highest BCUT2D eigenvalue weighted by atomic mass is 19.1. The molecule has 1 aliphatic heterocycles. The minimum Gasteiger partial charge on any atom is -0.473 e. The second kappa shape index (κ2) is 9.26. The van der Waals surface area contributed by atoms with Gasteiger partial charge in [0.05, 0.1) is 40.3 Å². The van der Waals surface area contributed by atoms with Gasteiger partial charge in [0.2, 0.25) is 5.88 Å². The van der Waals surface area contributed by atoms with Gasteiger partial charge in [-0.25, -0.2) is 9.37 Å². The number of anilines is 1. The van der Waals surface area contributed by atoms with Gasteiger partial charge in [-0.05, 0) is 44.0 Å². The first kappa shape index (κ1) is 23.2. The Morgan fingerprint density at radius 3 is 2.86 bits per heavy atom. The molecule has 182 valence electrons. The number of ketones is 1. The summed E-state index contributed by atoms with van der Waals surface area (Å²) >= 11 is 0. The summed E-state index contributed by atoms with van der Waals surface area (Å²) < 4.78 is 23.1. The summed E-state index contributed by atoms with van der Waals surface area (Å²) in [5.74, 6) is -0.960. The molecule has 0 spiro atoms. The molecule has 1 atom stereocenters. The fourth-order valence-electron chi connectivity index (χ4n) is 4.66. The minimum atomic E-state index is -0.535. The highest BCUT2D eigenvalue weighted by Gasteiger charge is 2.29. The van der Waals surface area contributed by atoms with Crippen LogP contribution in [0, 0.1) is 17.1 Å². The Bertz CT molecular complexity index is 1590. The number of pyridine rings is 2. The fourth-order valence-corrected chi connectivity index (χ4v) is 4.66. The van der Waals surface area contributed by atoms with Gasteiger partial charge in [0.15, 0.2) is 17.0 Å². The lowest BCUT2D eigenvalue weighted by molar-refractivity contribution is 0.101. The highest BCUT2D eigenvalue weighted by molar-refractivity contribution is 5.98. The fraction of sp³-hybridized carbons (Fsp3) is 0.269. The van der Waals surface area contributed by atoms with Crippen molar-refractivity contribution < 1.29 is 13.9 Å². The number of aryl methyl sites for hydroxylation is 1. The van der Waals surface area contributed by atoms with Gasteiger partial charge in [-0.1, -0.05) is 0 Å². The van der Waals surface area contributed by atoms with E-state index in [9.17, 15) is 19.2 Å². The molecule has 4 aromatic rings. The van der Waals surface area contributed by atoms with Crippen molar-refractivity contribution in [3.63, 3.8) is 0 Å². The third-order valence-electron chi connectivity index (χ3n) is 6.41. The van der Waals surface area contributed by atoms with Crippen molar-refractivity contribution in [1.29, 1.82) is 5.26 Å². The van der Waals surface area contributed by atoms with E-state index in [2.05, 4.69) is 21.1 Å². The minimum absolute atomic E-state index is 0.0350. The summed E-state index contributed by atoms with van der Waals surface area (Å²) in [6.07, 6.45) is 8.05. The van der Waals surface area contributed by atoms with Gasteiger partial charge in [0.1, 0.15) is 12.7 Å². The average molecular weight is 487 g/mol. The molecule has 3 aromatic heterocycles. The summed E-state index contributed by atoms with van der Waals surface area (Å²) in [7, 11) is 1.78. The molecule has 10 heteroatoms. The van der Waals surface area contributed by atoms with Gasteiger partial charge in [0.25, 0.3) is 0 Å². The molecular formula is C26H23FN6O3. The first-order valence-electron chi connectivity index (χ1n) is 11.5. The maximum absolute atomic E-state index is 14.0. The monoisotopic (exact) mass is 486 g/mol. The van der Waals surface area contributed by atoms with E-state index in [1.165, 1.54) is 31.5 Å². The zero-order valence-electron chi connectivity index (χ0n) is 19.8. The van der Waals surface area contributed by atoms with Crippen molar-refractivity contribution in [2.24, 2.45) is 7.05 Å². The van der Waals surface area contributed by atoms with Crippen LogP contribution in [0.4, 0.5) is 10.1 Å². The molecule has 0 unspecified atom stereocenters. The predicted molar refractivity (Wildman–Crippen MR) is 131 cm³/mol. The lowest BCUT2D eigenvalue weighted by Crippen LogP contribution is -2.35. The Hall–Kier alpha value is -4.52. The maximum atomic E-state index is 14.0. The number of nitrogens with zero attached hydrogens (tertiary/aromatic N) is 6. The topological polar surface area (TPSA) is 106 Å². The predicted octanol–water partition coefficient (Wildman–Crippen LogP) is 3.38. The highest BCUT2D eigenvalue weighted by Crippen LogP contribution is 2.33. The largest absolute Gasteiger partial charge is 0.473 e. The first-order valence-corrected chi connectivity index (χ1v) is 11.5. The van der Waals surface area contributed by atoms with Crippen molar-refractivity contribution >= 4 is 22.4 Å². The van der Waals surface area contributed by atoms with Crippen molar-refractivity contribution in [2.75, 3.05) is 18.1 Å². The maximum Gasteiger partial charge on any atom is 0.250 e. The molecule has 0 amide bonds. The zero-order valence-corrected chi connectivity index (χ0v) is 19.8. The Morgan fingerprint density at radius 2 is 2.17 bits per heavy atom.